The van der Waals surface area contributed by atoms with Crippen molar-refractivity contribution in [3.05, 3.63) is 60.2 Å². The Morgan fingerprint density at radius 3 is 1.68 bits per heavy atom. The van der Waals surface area contributed by atoms with Gasteiger partial charge in [0, 0.05) is 51.0 Å². The van der Waals surface area contributed by atoms with E-state index in [0.717, 1.165) is 51.1 Å². The van der Waals surface area contributed by atoms with Gasteiger partial charge >= 0.3 is 24.3 Å². The number of hydrogen-bond donors (Lipinski definition) is 2. The second-order valence-electron chi connectivity index (χ2n) is 9.35. The molecule has 4 rings (SSSR count). The number of aliphatic carboxylic acids is 2. The van der Waals surface area contributed by atoms with Crippen LogP contribution in [0.25, 0.3) is 0 Å². The monoisotopic (exact) mass is 578 g/mol. The highest BCUT2D eigenvalue weighted by Gasteiger charge is 2.41. The molecule has 0 radical (unpaired) electrons. The van der Waals surface area contributed by atoms with Crippen molar-refractivity contribution in [2.24, 2.45) is 5.41 Å². The quantitative estimate of drug-likeness (QED) is 0.526. The summed E-state index contributed by atoms with van der Waals surface area (Å²) in [4.78, 5) is 43.3. The molecule has 2 aliphatic heterocycles. The van der Waals surface area contributed by atoms with Crippen LogP contribution in [0.2, 0.25) is 0 Å². The van der Waals surface area contributed by atoms with Gasteiger partial charge in [-0.25, -0.2) is 9.59 Å². The molecule has 2 aliphatic rings. The van der Waals surface area contributed by atoms with Gasteiger partial charge in [0.05, 0.1) is 6.42 Å². The van der Waals surface area contributed by atoms with Gasteiger partial charge in [-0.2, -0.15) is 26.3 Å². The van der Waals surface area contributed by atoms with Crippen molar-refractivity contribution in [3.8, 4) is 0 Å². The molecule has 0 atom stereocenters. The molecule has 4 heterocycles. The highest BCUT2D eigenvalue weighted by molar-refractivity contribution is 5.78. The van der Waals surface area contributed by atoms with E-state index in [2.05, 4.69) is 20.9 Å². The number of hydrogen-bond acceptors (Lipinski definition) is 6. The number of nitrogens with zero attached hydrogens (tertiary/aromatic N) is 4. The average Bonchev–Trinajstić information content (AvgIpc) is 3.26. The summed E-state index contributed by atoms with van der Waals surface area (Å²) < 4.78 is 63.5. The van der Waals surface area contributed by atoms with Gasteiger partial charge in [-0.05, 0) is 54.5 Å². The Balaban J connectivity index is 0.000000333. The molecule has 1 amide bonds. The zero-order chi connectivity index (χ0) is 30.0. The van der Waals surface area contributed by atoms with Gasteiger partial charge in [0.2, 0.25) is 5.91 Å². The fraction of sp³-hybridized carbons (Fsp3) is 0.480. The zero-order valence-corrected chi connectivity index (χ0v) is 21.2. The molecule has 0 bridgehead atoms. The predicted molar refractivity (Wildman–Crippen MR) is 128 cm³/mol. The third kappa shape index (κ3) is 10.8. The summed E-state index contributed by atoms with van der Waals surface area (Å²) in [6.07, 6.45) is 1.11. The van der Waals surface area contributed by atoms with E-state index in [1.54, 1.807) is 12.4 Å². The van der Waals surface area contributed by atoms with Gasteiger partial charge < -0.3 is 15.1 Å². The first-order valence-electron chi connectivity index (χ1n) is 12.0. The van der Waals surface area contributed by atoms with E-state index < -0.39 is 24.3 Å². The van der Waals surface area contributed by atoms with Crippen molar-refractivity contribution in [1.29, 1.82) is 0 Å². The number of aromatic nitrogens is 2. The van der Waals surface area contributed by atoms with Gasteiger partial charge in [-0.15, -0.1) is 0 Å². The summed E-state index contributed by atoms with van der Waals surface area (Å²) in [5.74, 6) is -5.28. The van der Waals surface area contributed by atoms with Crippen LogP contribution in [0.4, 0.5) is 26.3 Å². The molecule has 2 fully saturated rings. The molecule has 0 saturated carbocycles. The lowest BCUT2D eigenvalue weighted by Crippen LogP contribution is -2.44. The van der Waals surface area contributed by atoms with E-state index in [0.29, 0.717) is 11.8 Å². The Hall–Kier alpha value is -3.75. The fourth-order valence-corrected chi connectivity index (χ4v) is 4.34. The van der Waals surface area contributed by atoms with E-state index in [1.807, 2.05) is 35.5 Å². The SMILES string of the molecule is O=C(Cc1cccnc1)N1CCC2(CCN(Cc3cccnc3)C2)CC1.O=C(O)C(F)(F)F.O=C(O)C(F)(F)F. The molecule has 0 aliphatic carbocycles. The summed E-state index contributed by atoms with van der Waals surface area (Å²) in [5.41, 5.74) is 2.68. The Bertz CT molecular complexity index is 1080. The molecule has 9 nitrogen and oxygen atoms in total. The van der Waals surface area contributed by atoms with Crippen molar-refractivity contribution < 1.29 is 50.9 Å². The zero-order valence-electron chi connectivity index (χ0n) is 21.2. The van der Waals surface area contributed by atoms with Crippen LogP contribution in [0.5, 0.6) is 0 Å². The van der Waals surface area contributed by atoms with E-state index in [9.17, 15) is 31.1 Å². The molecule has 40 heavy (non-hydrogen) atoms. The lowest BCUT2D eigenvalue weighted by atomic mass is 9.77. The summed E-state index contributed by atoms with van der Waals surface area (Å²) in [5, 5.41) is 14.2. The molecule has 2 N–H and O–H groups in total. The van der Waals surface area contributed by atoms with Crippen molar-refractivity contribution in [3.63, 3.8) is 0 Å². The number of pyridine rings is 2. The molecule has 0 aromatic carbocycles. The van der Waals surface area contributed by atoms with Gasteiger partial charge in [-0.1, -0.05) is 12.1 Å². The number of alkyl halides is 6. The maximum Gasteiger partial charge on any atom is 0.490 e. The Morgan fingerprint density at radius 1 is 0.800 bits per heavy atom. The molecule has 15 heteroatoms. The third-order valence-corrected chi connectivity index (χ3v) is 6.39. The van der Waals surface area contributed by atoms with E-state index in [-0.39, 0.29) is 5.91 Å². The lowest BCUT2D eigenvalue weighted by Gasteiger charge is -2.39. The van der Waals surface area contributed by atoms with Crippen molar-refractivity contribution in [2.45, 2.75) is 44.6 Å². The molecule has 2 saturated heterocycles. The number of piperidine rings is 1. The normalized spacial score (nSPS) is 16.8. The minimum Gasteiger partial charge on any atom is -0.475 e. The second-order valence-corrected chi connectivity index (χ2v) is 9.35. The van der Waals surface area contributed by atoms with E-state index in [1.165, 1.54) is 12.0 Å². The average molecular weight is 579 g/mol. The van der Waals surface area contributed by atoms with Crippen molar-refractivity contribution in [1.82, 2.24) is 19.8 Å². The van der Waals surface area contributed by atoms with Crippen LogP contribution in [-0.4, -0.2) is 86.4 Å². The van der Waals surface area contributed by atoms with Gasteiger partial charge in [0.1, 0.15) is 0 Å². The first-order chi connectivity index (χ1) is 18.6. The number of likely N-dealkylation sites (tertiary alicyclic amines) is 2. The van der Waals surface area contributed by atoms with Crippen LogP contribution in [0.15, 0.2) is 49.1 Å². The predicted octanol–water partition coefficient (Wildman–Crippen LogP) is 3.80. The summed E-state index contributed by atoms with van der Waals surface area (Å²) >= 11 is 0. The number of carbonyl (C=O) groups is 3. The molecule has 220 valence electrons. The Morgan fingerprint density at radius 2 is 1.25 bits per heavy atom. The van der Waals surface area contributed by atoms with Gasteiger partial charge in [-0.3, -0.25) is 19.7 Å². The van der Waals surface area contributed by atoms with Crippen LogP contribution < -0.4 is 0 Å². The molecular weight excluding hydrogens is 550 g/mol. The minimum atomic E-state index is -5.08. The third-order valence-electron chi connectivity index (χ3n) is 6.39. The molecule has 0 unspecified atom stereocenters. The van der Waals surface area contributed by atoms with E-state index >= 15 is 0 Å². The van der Waals surface area contributed by atoms with Gasteiger partial charge in [0.15, 0.2) is 0 Å². The highest BCUT2D eigenvalue weighted by atomic mass is 19.4. The maximum atomic E-state index is 12.6. The van der Waals surface area contributed by atoms with Crippen molar-refractivity contribution in [2.75, 3.05) is 26.2 Å². The highest BCUT2D eigenvalue weighted by Crippen LogP contribution is 2.40. The minimum absolute atomic E-state index is 0.234. The van der Waals surface area contributed by atoms with Crippen LogP contribution >= 0.6 is 0 Å². The molecule has 2 aromatic heterocycles. The smallest absolute Gasteiger partial charge is 0.475 e. The number of halogens is 6. The van der Waals surface area contributed by atoms with Crippen LogP contribution in [-0.2, 0) is 27.3 Å². The van der Waals surface area contributed by atoms with Gasteiger partial charge in [0.25, 0.3) is 0 Å². The molecule has 1 spiro atoms. The molecule has 2 aromatic rings. The Kier molecular flexibility index (Phi) is 11.4. The first-order valence-corrected chi connectivity index (χ1v) is 12.0. The summed E-state index contributed by atoms with van der Waals surface area (Å²) in [7, 11) is 0. The number of carboxylic acid groups (broad SMARTS) is 2. The topological polar surface area (TPSA) is 124 Å². The van der Waals surface area contributed by atoms with Crippen LogP contribution in [0.3, 0.4) is 0 Å². The first kappa shape index (κ1) is 32.5. The van der Waals surface area contributed by atoms with Crippen LogP contribution in [0, 0.1) is 5.41 Å². The van der Waals surface area contributed by atoms with Crippen LogP contribution in [0.1, 0.15) is 30.4 Å². The summed E-state index contributed by atoms with van der Waals surface area (Å²) in [6, 6.07) is 8.03. The maximum absolute atomic E-state index is 12.6. The number of carbonyl (C=O) groups excluding carboxylic acids is 1. The number of amides is 1. The Labute approximate surface area is 225 Å². The number of carboxylic acids is 2. The van der Waals surface area contributed by atoms with E-state index in [4.69, 9.17) is 19.8 Å². The lowest BCUT2D eigenvalue weighted by molar-refractivity contribution is -0.193. The summed E-state index contributed by atoms with van der Waals surface area (Å²) in [6.45, 7) is 5.06. The molecular formula is C25H28F6N4O5. The number of rotatable bonds is 4. The second kappa shape index (κ2) is 14.1. The fourth-order valence-electron chi connectivity index (χ4n) is 4.34. The largest absolute Gasteiger partial charge is 0.490 e. The standard InChI is InChI=1S/C21H26N4O.2C2HF3O2/c26-20(13-18-3-1-8-22-14-18)25-11-6-21(7-12-25)5-10-24(17-21)16-19-4-2-9-23-15-19;2*3-2(4,5)1(6)7/h1-4,8-9,14-15H,5-7,10-13,16-17H2;2*(H,6,7). The van der Waals surface area contributed by atoms with Crippen molar-refractivity contribution >= 4 is 17.8 Å².